The van der Waals surface area contributed by atoms with Gasteiger partial charge in [0.15, 0.2) is 0 Å². The van der Waals surface area contributed by atoms with Crippen LogP contribution in [0.15, 0.2) is 28.7 Å². The smallest absolute Gasteiger partial charge is 0.0558 e. The van der Waals surface area contributed by atoms with Crippen LogP contribution < -0.4 is 0 Å². The topological polar surface area (TPSA) is 23.5 Å². The molecule has 1 rings (SSSR count). The maximum Gasteiger partial charge on any atom is 0.0558 e. The minimum atomic E-state index is 0.233. The van der Waals surface area contributed by atoms with Crippen LogP contribution in [0.5, 0.6) is 0 Å². The highest BCUT2D eigenvalue weighted by molar-refractivity contribution is 9.10. The Hall–Kier alpha value is -0.380. The highest BCUT2D eigenvalue weighted by Crippen LogP contribution is 2.14. The summed E-state index contributed by atoms with van der Waals surface area (Å²) in [5.74, 6) is 0. The van der Waals surface area contributed by atoms with Gasteiger partial charge in [0, 0.05) is 17.1 Å². The molecule has 0 amide bonds. The molecule has 0 spiro atoms. The quantitative estimate of drug-likeness (QED) is 0.869. The van der Waals surface area contributed by atoms with Crippen LogP contribution in [-0.4, -0.2) is 35.7 Å². The molecule has 0 aromatic heterocycles. The van der Waals surface area contributed by atoms with Gasteiger partial charge in [0.1, 0.15) is 0 Å². The lowest BCUT2D eigenvalue weighted by molar-refractivity contribution is 0.164. The summed E-state index contributed by atoms with van der Waals surface area (Å²) >= 11 is 3.48. The van der Waals surface area contributed by atoms with Gasteiger partial charge < -0.3 is 5.11 Å². The maximum absolute atomic E-state index is 8.98. The largest absolute Gasteiger partial charge is 0.395 e. The number of hydrogen-bond donors (Lipinski definition) is 1. The predicted molar refractivity (Wildman–Crippen MR) is 71.6 cm³/mol. The van der Waals surface area contributed by atoms with E-state index >= 15 is 0 Å². The first-order valence-corrected chi connectivity index (χ1v) is 6.56. The third-order valence-electron chi connectivity index (χ3n) is 2.84. The summed E-state index contributed by atoms with van der Waals surface area (Å²) < 4.78 is 1.13. The van der Waals surface area contributed by atoms with Crippen molar-refractivity contribution in [2.45, 2.75) is 26.3 Å². The third-order valence-corrected chi connectivity index (χ3v) is 3.33. The molecular weight excluding hydrogens is 266 g/mol. The number of aliphatic hydroxyl groups excluding tert-OH is 1. The molecule has 0 aliphatic carbocycles. The Morgan fingerprint density at radius 1 is 1.44 bits per heavy atom. The number of likely N-dealkylation sites (N-methyl/N-ethyl adjacent to an activating group) is 1. The summed E-state index contributed by atoms with van der Waals surface area (Å²) in [6, 6.07) is 8.87. The van der Waals surface area contributed by atoms with Crippen molar-refractivity contribution in [3.05, 3.63) is 34.3 Å². The first-order chi connectivity index (χ1) is 7.67. The molecule has 3 heteroatoms. The Kier molecular flexibility index (Phi) is 6.03. The standard InChI is InChI=1S/C13H20BrNO/c1-3-15(7-8-16)11(2)9-12-5-4-6-13(14)10-12/h4-6,10-11,16H,3,7-9H2,1-2H3. The molecule has 0 fully saturated rings. The van der Waals surface area contributed by atoms with Crippen molar-refractivity contribution in [2.24, 2.45) is 0 Å². The summed E-state index contributed by atoms with van der Waals surface area (Å²) in [5, 5.41) is 8.98. The fraction of sp³-hybridized carbons (Fsp3) is 0.538. The minimum absolute atomic E-state index is 0.233. The Balaban J connectivity index is 2.58. The van der Waals surface area contributed by atoms with Gasteiger partial charge >= 0.3 is 0 Å². The van der Waals surface area contributed by atoms with Gasteiger partial charge in [-0.1, -0.05) is 35.0 Å². The van der Waals surface area contributed by atoms with Gasteiger partial charge in [0.25, 0.3) is 0 Å². The van der Waals surface area contributed by atoms with Gasteiger partial charge in [-0.05, 0) is 37.6 Å². The zero-order valence-corrected chi connectivity index (χ0v) is 11.6. The van der Waals surface area contributed by atoms with Crippen LogP contribution in [0.4, 0.5) is 0 Å². The van der Waals surface area contributed by atoms with E-state index in [4.69, 9.17) is 5.11 Å². The summed E-state index contributed by atoms with van der Waals surface area (Å²) in [4.78, 5) is 2.29. The van der Waals surface area contributed by atoms with Crippen molar-refractivity contribution in [1.29, 1.82) is 0 Å². The van der Waals surface area contributed by atoms with Crippen molar-refractivity contribution >= 4 is 15.9 Å². The van der Waals surface area contributed by atoms with Gasteiger partial charge in [-0.2, -0.15) is 0 Å². The molecule has 2 nitrogen and oxygen atoms in total. The zero-order valence-electron chi connectivity index (χ0n) is 9.99. The molecule has 1 unspecified atom stereocenters. The fourth-order valence-electron chi connectivity index (χ4n) is 1.95. The van der Waals surface area contributed by atoms with E-state index in [0.717, 1.165) is 24.0 Å². The average molecular weight is 286 g/mol. The number of rotatable bonds is 6. The lowest BCUT2D eigenvalue weighted by atomic mass is 10.1. The summed E-state index contributed by atoms with van der Waals surface area (Å²) in [5.41, 5.74) is 1.33. The lowest BCUT2D eigenvalue weighted by Crippen LogP contribution is -2.36. The van der Waals surface area contributed by atoms with Gasteiger partial charge in [0.2, 0.25) is 0 Å². The van der Waals surface area contributed by atoms with Crippen LogP contribution in [0.2, 0.25) is 0 Å². The minimum Gasteiger partial charge on any atom is -0.395 e. The third kappa shape index (κ3) is 4.24. The van der Waals surface area contributed by atoms with E-state index in [1.807, 2.05) is 6.07 Å². The van der Waals surface area contributed by atoms with E-state index in [-0.39, 0.29) is 6.61 Å². The van der Waals surface area contributed by atoms with E-state index in [2.05, 4.69) is 52.9 Å². The van der Waals surface area contributed by atoms with Crippen molar-refractivity contribution in [3.8, 4) is 0 Å². The first kappa shape index (κ1) is 13.7. The number of nitrogens with zero attached hydrogens (tertiary/aromatic N) is 1. The van der Waals surface area contributed by atoms with Crippen molar-refractivity contribution < 1.29 is 5.11 Å². The van der Waals surface area contributed by atoms with Crippen LogP contribution in [0.3, 0.4) is 0 Å². The van der Waals surface area contributed by atoms with Gasteiger partial charge in [-0.3, -0.25) is 4.90 Å². The molecule has 1 aromatic rings. The second-order valence-corrected chi connectivity index (χ2v) is 4.95. The van der Waals surface area contributed by atoms with Crippen LogP contribution >= 0.6 is 15.9 Å². The molecule has 0 saturated heterocycles. The lowest BCUT2D eigenvalue weighted by Gasteiger charge is -2.27. The second-order valence-electron chi connectivity index (χ2n) is 4.04. The normalized spacial score (nSPS) is 13.1. The van der Waals surface area contributed by atoms with Crippen LogP contribution in [0.1, 0.15) is 19.4 Å². The Bertz CT molecular complexity index is 317. The van der Waals surface area contributed by atoms with E-state index in [0.29, 0.717) is 6.04 Å². The molecule has 0 saturated carbocycles. The molecule has 1 N–H and O–H groups in total. The van der Waals surface area contributed by atoms with Crippen LogP contribution in [-0.2, 0) is 6.42 Å². The van der Waals surface area contributed by atoms with E-state index in [1.165, 1.54) is 5.56 Å². The number of hydrogen-bond acceptors (Lipinski definition) is 2. The van der Waals surface area contributed by atoms with Gasteiger partial charge in [-0.15, -0.1) is 0 Å². The molecule has 1 aromatic carbocycles. The zero-order chi connectivity index (χ0) is 12.0. The van der Waals surface area contributed by atoms with Crippen molar-refractivity contribution in [2.75, 3.05) is 19.7 Å². The van der Waals surface area contributed by atoms with Crippen molar-refractivity contribution in [1.82, 2.24) is 4.90 Å². The molecule has 0 heterocycles. The Labute approximate surface area is 106 Å². The monoisotopic (exact) mass is 285 g/mol. The van der Waals surface area contributed by atoms with E-state index < -0.39 is 0 Å². The summed E-state index contributed by atoms with van der Waals surface area (Å²) in [7, 11) is 0. The number of halogens is 1. The molecule has 0 aliphatic heterocycles. The highest BCUT2D eigenvalue weighted by Gasteiger charge is 2.11. The number of benzene rings is 1. The average Bonchev–Trinajstić information content (AvgIpc) is 2.25. The molecule has 90 valence electrons. The van der Waals surface area contributed by atoms with Crippen molar-refractivity contribution in [3.63, 3.8) is 0 Å². The summed E-state index contributed by atoms with van der Waals surface area (Å²) in [6.45, 7) is 6.31. The van der Waals surface area contributed by atoms with Gasteiger partial charge in [-0.25, -0.2) is 0 Å². The van der Waals surface area contributed by atoms with Crippen LogP contribution in [0, 0.1) is 0 Å². The Morgan fingerprint density at radius 3 is 2.75 bits per heavy atom. The fourth-order valence-corrected chi connectivity index (χ4v) is 2.40. The maximum atomic E-state index is 8.98. The molecular formula is C13H20BrNO. The molecule has 1 atom stereocenters. The predicted octanol–water partition coefficient (Wildman–Crippen LogP) is 2.69. The number of aliphatic hydroxyl groups is 1. The summed E-state index contributed by atoms with van der Waals surface area (Å²) in [6.07, 6.45) is 1.02. The second kappa shape index (κ2) is 7.05. The molecule has 0 aliphatic rings. The van der Waals surface area contributed by atoms with E-state index in [9.17, 15) is 0 Å². The van der Waals surface area contributed by atoms with Gasteiger partial charge in [0.05, 0.1) is 6.61 Å². The molecule has 0 radical (unpaired) electrons. The SMILES string of the molecule is CCN(CCO)C(C)Cc1cccc(Br)c1. The van der Waals surface area contributed by atoms with E-state index in [1.54, 1.807) is 0 Å². The van der Waals surface area contributed by atoms with Crippen LogP contribution in [0.25, 0.3) is 0 Å². The highest BCUT2D eigenvalue weighted by atomic mass is 79.9. The Morgan fingerprint density at radius 2 is 2.19 bits per heavy atom. The molecule has 0 bridgehead atoms. The first-order valence-electron chi connectivity index (χ1n) is 5.76. The molecule has 16 heavy (non-hydrogen) atoms.